The van der Waals surface area contributed by atoms with E-state index in [1.807, 2.05) is 0 Å². The van der Waals surface area contributed by atoms with Crippen molar-refractivity contribution in [3.05, 3.63) is 22.7 Å². The van der Waals surface area contributed by atoms with Gasteiger partial charge in [0.15, 0.2) is 0 Å². The first-order chi connectivity index (χ1) is 13.5. The molecule has 2 heterocycles. The molecule has 0 radical (unpaired) electrons. The number of nitrogens with zero attached hydrogens (tertiary/aromatic N) is 2. The lowest BCUT2D eigenvalue weighted by Crippen LogP contribution is -2.28. The topological polar surface area (TPSA) is 241 Å². The predicted octanol–water partition coefficient (Wildman–Crippen LogP) is -0.479. The molecule has 1 aliphatic rings. The Labute approximate surface area is 165 Å². The maximum Gasteiger partial charge on any atom is 0.479 e. The third-order valence-corrected chi connectivity index (χ3v) is 8.78. The molecule has 30 heavy (non-hydrogen) atoms. The first-order valence-corrected chi connectivity index (χ1v) is 12.3. The highest BCUT2D eigenvalue weighted by Crippen LogP contribution is 2.77. The normalized spacial score (nSPS) is 26.8. The molecule has 172 valence electrons. The Morgan fingerprint density at radius 2 is 1.90 bits per heavy atom. The average Bonchev–Trinajstić information content (AvgIpc) is 2.91. The van der Waals surface area contributed by atoms with Gasteiger partial charge in [-0.2, -0.15) is 13.8 Å². The van der Waals surface area contributed by atoms with E-state index in [1.54, 1.807) is 0 Å². The van der Waals surface area contributed by atoms with Crippen LogP contribution >= 0.6 is 23.0 Å². The maximum absolute atomic E-state index is 13.3. The van der Waals surface area contributed by atoms with Gasteiger partial charge in [-0.05, 0) is 6.07 Å². The summed E-state index contributed by atoms with van der Waals surface area (Å²) in [4.78, 5) is 50.5. The van der Waals surface area contributed by atoms with E-state index in [9.17, 15) is 37.3 Å². The van der Waals surface area contributed by atoms with Gasteiger partial charge in [-0.25, -0.2) is 13.7 Å². The highest BCUT2D eigenvalue weighted by molar-refractivity contribution is 7.75. The van der Waals surface area contributed by atoms with Crippen molar-refractivity contribution in [1.29, 1.82) is 0 Å². The van der Waals surface area contributed by atoms with Crippen LogP contribution in [0.2, 0.25) is 0 Å². The first kappa shape index (κ1) is 25.2. The number of alkyl halides is 2. The van der Waals surface area contributed by atoms with Crippen LogP contribution in [0.4, 0.5) is 14.6 Å². The smallest absolute Gasteiger partial charge is 0.390 e. The van der Waals surface area contributed by atoms with E-state index in [0.717, 1.165) is 4.57 Å². The van der Waals surface area contributed by atoms with Gasteiger partial charge in [-0.15, -0.1) is 0 Å². The van der Waals surface area contributed by atoms with Gasteiger partial charge in [-0.3, -0.25) is 18.2 Å². The van der Waals surface area contributed by atoms with Crippen LogP contribution in [-0.2, 0) is 27.3 Å². The van der Waals surface area contributed by atoms with Gasteiger partial charge >= 0.3 is 34.1 Å². The first-order valence-electron chi connectivity index (χ1n) is 7.60. The Morgan fingerprint density at radius 3 is 2.43 bits per heavy atom. The zero-order valence-corrected chi connectivity index (χ0v) is 17.1. The molecule has 0 saturated carbocycles. The highest BCUT2D eigenvalue weighted by Gasteiger charge is 2.67. The SMILES string of the molecule is Nc1ccn([C@H]2C[C@H](O)[C@@H](COP(=O)(O)OP(=O)(O)C(F)(F)P(=O)(O)O)O2)c(=O)n1. The van der Waals surface area contributed by atoms with Crippen LogP contribution in [0.15, 0.2) is 17.1 Å². The number of aliphatic hydroxyl groups excluding tert-OH is 1. The number of ether oxygens (including phenoxy) is 1. The molecule has 1 fully saturated rings. The molecule has 15 nitrogen and oxygen atoms in total. The molecule has 5 atom stereocenters. The summed E-state index contributed by atoms with van der Waals surface area (Å²) in [5.41, 5.74) is 4.49. The number of phosphoric acid groups is 1. The Bertz CT molecular complexity index is 998. The van der Waals surface area contributed by atoms with Crippen molar-refractivity contribution in [3.63, 3.8) is 0 Å². The summed E-state index contributed by atoms with van der Waals surface area (Å²) in [6.45, 7) is -1.05. The molecule has 1 aromatic rings. The van der Waals surface area contributed by atoms with Crippen molar-refractivity contribution < 1.29 is 60.7 Å². The van der Waals surface area contributed by atoms with Crippen molar-refractivity contribution >= 4 is 28.8 Å². The number of nitrogens with two attached hydrogens (primary N) is 1. The molecule has 0 bridgehead atoms. The van der Waals surface area contributed by atoms with Gasteiger partial charge < -0.3 is 35.2 Å². The fraction of sp³-hybridized carbons (Fsp3) is 0.600. The second-order valence-electron chi connectivity index (χ2n) is 5.89. The number of rotatable bonds is 8. The van der Waals surface area contributed by atoms with Crippen LogP contribution in [0.5, 0.6) is 0 Å². The van der Waals surface area contributed by atoms with E-state index in [2.05, 4.69) is 13.8 Å². The van der Waals surface area contributed by atoms with Gasteiger partial charge in [0.05, 0.1) is 12.7 Å². The third kappa shape index (κ3) is 5.39. The van der Waals surface area contributed by atoms with Crippen molar-refractivity contribution in [2.45, 2.75) is 30.3 Å². The standard InChI is InChI=1S/C10H16F2N3O12P3/c11-10(12,28(18,19)20)29(21,22)27-30(23,24)25-4-6-5(16)3-8(26-6)15-2-1-7(13)14-9(15)17/h1-2,5-6,8,16H,3-4H2,(H,21,22)(H,23,24)(H2,13,14,17)(H2,18,19,20)/t5-,6+,8+/m0/s1. The molecule has 1 aliphatic heterocycles. The summed E-state index contributed by atoms with van der Waals surface area (Å²) in [5.74, 6) is -0.0893. The van der Waals surface area contributed by atoms with E-state index in [1.165, 1.54) is 12.3 Å². The molecule has 20 heteroatoms. The Morgan fingerprint density at radius 1 is 1.30 bits per heavy atom. The number of hydrogen-bond acceptors (Lipinski definition) is 10. The van der Waals surface area contributed by atoms with Crippen LogP contribution in [0.3, 0.4) is 0 Å². The van der Waals surface area contributed by atoms with Crippen molar-refractivity contribution in [1.82, 2.24) is 9.55 Å². The van der Waals surface area contributed by atoms with E-state index in [4.69, 9.17) is 25.2 Å². The number of hydrogen-bond donors (Lipinski definition) is 6. The van der Waals surface area contributed by atoms with Crippen molar-refractivity contribution in [2.75, 3.05) is 12.3 Å². The quantitative estimate of drug-likeness (QED) is 0.247. The van der Waals surface area contributed by atoms with Crippen LogP contribution in [-0.4, -0.2) is 58.5 Å². The number of halogens is 2. The van der Waals surface area contributed by atoms with Gasteiger partial charge in [0.2, 0.25) is 0 Å². The molecule has 1 aromatic heterocycles. The zero-order chi connectivity index (χ0) is 23.1. The summed E-state index contributed by atoms with van der Waals surface area (Å²) in [6, 6.07) is 1.25. The molecule has 0 amide bonds. The van der Waals surface area contributed by atoms with Crippen LogP contribution in [0.1, 0.15) is 12.6 Å². The molecule has 0 aliphatic carbocycles. The lowest BCUT2D eigenvalue weighted by molar-refractivity contribution is -0.0450. The van der Waals surface area contributed by atoms with Crippen LogP contribution < -0.4 is 11.4 Å². The molecule has 0 aromatic carbocycles. The molecule has 0 spiro atoms. The molecule has 7 N–H and O–H groups in total. The number of anilines is 1. The third-order valence-electron chi connectivity index (χ3n) is 3.67. The summed E-state index contributed by atoms with van der Waals surface area (Å²) >= 11 is 0. The number of phosphoric ester groups is 1. The zero-order valence-electron chi connectivity index (χ0n) is 14.5. The largest absolute Gasteiger partial charge is 0.479 e. The molecule has 1 saturated heterocycles. The molecule has 2 unspecified atom stereocenters. The fourth-order valence-corrected chi connectivity index (χ4v) is 5.91. The number of aliphatic hydroxyl groups is 1. The molecular formula is C10H16F2N3O12P3. The predicted molar refractivity (Wildman–Crippen MR) is 91.1 cm³/mol. The summed E-state index contributed by atoms with van der Waals surface area (Å²) in [7, 11) is -19.0. The molecule has 2 rings (SSSR count). The summed E-state index contributed by atoms with van der Waals surface area (Å²) in [5, 5.41) is 4.23. The van der Waals surface area contributed by atoms with Gasteiger partial charge in [0.25, 0.3) is 0 Å². The van der Waals surface area contributed by atoms with Crippen molar-refractivity contribution in [2.24, 2.45) is 0 Å². The summed E-state index contributed by atoms with van der Waals surface area (Å²) in [6.07, 6.45) is -2.99. The Balaban J connectivity index is 2.05. The Kier molecular flexibility index (Phi) is 7.09. The Hall–Kier alpha value is -1.09. The van der Waals surface area contributed by atoms with Crippen LogP contribution in [0, 0.1) is 0 Å². The lowest BCUT2D eigenvalue weighted by Gasteiger charge is -2.24. The van der Waals surface area contributed by atoms with E-state index in [-0.39, 0.29) is 12.2 Å². The van der Waals surface area contributed by atoms with Gasteiger partial charge in [0.1, 0.15) is 18.1 Å². The van der Waals surface area contributed by atoms with Gasteiger partial charge in [0, 0.05) is 12.6 Å². The summed E-state index contributed by atoms with van der Waals surface area (Å²) < 4.78 is 74.2. The second-order valence-corrected chi connectivity index (χ2v) is 11.3. The maximum atomic E-state index is 13.3. The minimum Gasteiger partial charge on any atom is -0.390 e. The van der Waals surface area contributed by atoms with Crippen molar-refractivity contribution in [3.8, 4) is 0 Å². The van der Waals surface area contributed by atoms with Crippen LogP contribution in [0.25, 0.3) is 0 Å². The van der Waals surface area contributed by atoms with Gasteiger partial charge in [-0.1, -0.05) is 0 Å². The fourth-order valence-electron chi connectivity index (χ4n) is 2.23. The number of nitrogen functional groups attached to an aromatic ring is 1. The average molecular weight is 501 g/mol. The lowest BCUT2D eigenvalue weighted by atomic mass is 10.2. The highest BCUT2D eigenvalue weighted by atomic mass is 31.3. The minimum atomic E-state index is -6.69. The second kappa shape index (κ2) is 8.45. The van der Waals surface area contributed by atoms with E-state index in [0.29, 0.717) is 0 Å². The monoisotopic (exact) mass is 501 g/mol. The minimum absolute atomic E-state index is 0.0893. The number of aromatic nitrogens is 2. The van der Waals surface area contributed by atoms with E-state index < -0.39 is 59.2 Å². The van der Waals surface area contributed by atoms with E-state index >= 15 is 0 Å². The molecular weight excluding hydrogens is 485 g/mol.